The van der Waals surface area contributed by atoms with Crippen LogP contribution in [0.1, 0.15) is 50.8 Å². The maximum Gasteiger partial charge on any atom is 0.274 e. The normalized spacial score (nSPS) is 13.4. The molecule has 0 radical (unpaired) electrons. The first-order valence-electron chi connectivity index (χ1n) is 6.69. The molecule has 1 aromatic heterocycles. The van der Waals surface area contributed by atoms with Gasteiger partial charge in [0.15, 0.2) is 0 Å². The Kier molecular flexibility index (Phi) is 4.28. The van der Waals surface area contributed by atoms with Gasteiger partial charge in [-0.2, -0.15) is 5.10 Å². The zero-order valence-electron chi connectivity index (χ0n) is 13.1. The molecule has 108 valence electrons. The van der Waals surface area contributed by atoms with E-state index in [1.807, 2.05) is 20.9 Å². The van der Waals surface area contributed by atoms with E-state index in [4.69, 9.17) is 5.73 Å². The van der Waals surface area contributed by atoms with Crippen molar-refractivity contribution in [3.8, 4) is 0 Å². The van der Waals surface area contributed by atoms with E-state index >= 15 is 0 Å². The summed E-state index contributed by atoms with van der Waals surface area (Å²) in [7, 11) is 3.58. The quantitative estimate of drug-likeness (QED) is 0.911. The second kappa shape index (κ2) is 5.23. The molecule has 0 fully saturated rings. The Bertz CT molecular complexity index is 471. The zero-order chi connectivity index (χ0) is 15.0. The summed E-state index contributed by atoms with van der Waals surface area (Å²) < 4.78 is 1.59. The van der Waals surface area contributed by atoms with Crippen molar-refractivity contribution in [1.29, 1.82) is 0 Å². The summed E-state index contributed by atoms with van der Waals surface area (Å²) in [5.74, 6) is -0.0744. The van der Waals surface area contributed by atoms with Gasteiger partial charge in [0.2, 0.25) is 0 Å². The zero-order valence-corrected chi connectivity index (χ0v) is 13.1. The van der Waals surface area contributed by atoms with E-state index in [0.29, 0.717) is 11.4 Å². The third kappa shape index (κ3) is 2.91. The van der Waals surface area contributed by atoms with Gasteiger partial charge in [-0.05, 0) is 18.8 Å². The lowest BCUT2D eigenvalue weighted by atomic mass is 9.87. The highest BCUT2D eigenvalue weighted by Gasteiger charge is 2.30. The average Bonchev–Trinajstić information content (AvgIpc) is 2.60. The number of carbonyl (C=O) groups is 1. The van der Waals surface area contributed by atoms with Crippen molar-refractivity contribution in [2.75, 3.05) is 12.8 Å². The molecule has 0 aliphatic carbocycles. The minimum Gasteiger partial charge on any atom is -0.395 e. The minimum atomic E-state index is -0.0744. The van der Waals surface area contributed by atoms with Crippen molar-refractivity contribution in [2.24, 2.45) is 12.5 Å². The van der Waals surface area contributed by atoms with Crippen molar-refractivity contribution in [2.45, 2.75) is 47.1 Å². The number of amides is 1. The van der Waals surface area contributed by atoms with Crippen molar-refractivity contribution in [3.05, 3.63) is 11.4 Å². The monoisotopic (exact) mass is 266 g/mol. The molecule has 0 saturated carbocycles. The molecule has 0 bridgehead atoms. The number of rotatable bonds is 3. The highest BCUT2D eigenvalue weighted by Crippen LogP contribution is 2.26. The van der Waals surface area contributed by atoms with Crippen LogP contribution < -0.4 is 5.73 Å². The van der Waals surface area contributed by atoms with E-state index in [2.05, 4.69) is 25.9 Å². The fourth-order valence-electron chi connectivity index (χ4n) is 2.03. The molecule has 0 aliphatic rings. The number of carbonyl (C=O) groups excluding carboxylic acids is 1. The van der Waals surface area contributed by atoms with Crippen molar-refractivity contribution >= 4 is 11.6 Å². The Hall–Kier alpha value is -1.52. The Morgan fingerprint density at radius 1 is 1.47 bits per heavy atom. The van der Waals surface area contributed by atoms with E-state index in [1.165, 1.54) is 0 Å². The third-order valence-corrected chi connectivity index (χ3v) is 3.85. The van der Waals surface area contributed by atoms with Gasteiger partial charge in [0.1, 0.15) is 5.69 Å². The number of hydrogen-bond acceptors (Lipinski definition) is 3. The largest absolute Gasteiger partial charge is 0.395 e. The number of aryl methyl sites for hydroxylation is 2. The first-order chi connectivity index (χ1) is 8.61. The van der Waals surface area contributed by atoms with E-state index in [0.717, 1.165) is 12.1 Å². The predicted molar refractivity (Wildman–Crippen MR) is 78.0 cm³/mol. The number of hydrogen-bond donors (Lipinski definition) is 1. The van der Waals surface area contributed by atoms with Crippen molar-refractivity contribution < 1.29 is 4.79 Å². The molecule has 19 heavy (non-hydrogen) atoms. The molecule has 0 aromatic carbocycles. The smallest absolute Gasteiger partial charge is 0.274 e. The summed E-state index contributed by atoms with van der Waals surface area (Å²) in [5.41, 5.74) is 7.82. The van der Waals surface area contributed by atoms with Gasteiger partial charge in [-0.15, -0.1) is 0 Å². The molecular weight excluding hydrogens is 240 g/mol. The summed E-state index contributed by atoms with van der Waals surface area (Å²) in [5, 5.41) is 4.30. The first kappa shape index (κ1) is 15.5. The Balaban J connectivity index is 3.11. The lowest BCUT2D eigenvalue weighted by molar-refractivity contribution is 0.0619. The minimum absolute atomic E-state index is 0.0192. The number of anilines is 1. The SMILES string of the molecule is CCc1nn(C)c(C(=O)N(C)C(C)C(C)(C)C)c1N. The van der Waals surface area contributed by atoms with Gasteiger partial charge in [-0.25, -0.2) is 0 Å². The van der Waals surface area contributed by atoms with Gasteiger partial charge < -0.3 is 10.6 Å². The summed E-state index contributed by atoms with van der Waals surface area (Å²) in [4.78, 5) is 14.3. The van der Waals surface area contributed by atoms with E-state index in [9.17, 15) is 4.79 Å². The van der Waals surface area contributed by atoms with Crippen LogP contribution in [0.3, 0.4) is 0 Å². The summed E-state index contributed by atoms with van der Waals surface area (Å²) in [6.07, 6.45) is 0.728. The molecule has 0 saturated heterocycles. The Morgan fingerprint density at radius 2 is 2.00 bits per heavy atom. The predicted octanol–water partition coefficient (Wildman–Crippen LogP) is 2.07. The van der Waals surface area contributed by atoms with Crippen LogP contribution in [0.4, 0.5) is 5.69 Å². The van der Waals surface area contributed by atoms with Crippen LogP contribution in [0.25, 0.3) is 0 Å². The maximum atomic E-state index is 12.6. The molecular formula is C14H26N4O. The van der Waals surface area contributed by atoms with Gasteiger partial charge in [-0.3, -0.25) is 9.48 Å². The van der Waals surface area contributed by atoms with Gasteiger partial charge in [0.05, 0.1) is 11.4 Å². The number of aromatic nitrogens is 2. The topological polar surface area (TPSA) is 64.2 Å². The molecule has 1 unspecified atom stereocenters. The molecule has 1 amide bonds. The molecule has 1 atom stereocenters. The molecule has 2 N–H and O–H groups in total. The highest BCUT2D eigenvalue weighted by molar-refractivity contribution is 5.98. The Morgan fingerprint density at radius 3 is 2.37 bits per heavy atom. The molecule has 1 rings (SSSR count). The molecule has 0 spiro atoms. The van der Waals surface area contributed by atoms with Crippen LogP contribution in [0, 0.1) is 5.41 Å². The van der Waals surface area contributed by atoms with E-state index in [-0.39, 0.29) is 17.4 Å². The van der Waals surface area contributed by atoms with E-state index in [1.54, 1.807) is 16.6 Å². The second-order valence-corrected chi connectivity index (χ2v) is 6.14. The number of nitrogen functional groups attached to an aromatic ring is 1. The van der Waals surface area contributed by atoms with Crippen LogP contribution in [0.2, 0.25) is 0 Å². The van der Waals surface area contributed by atoms with Crippen LogP contribution >= 0.6 is 0 Å². The maximum absolute atomic E-state index is 12.6. The number of nitrogens with two attached hydrogens (primary N) is 1. The van der Waals surface area contributed by atoms with Gasteiger partial charge in [0, 0.05) is 20.1 Å². The van der Waals surface area contributed by atoms with Crippen LogP contribution in [0.5, 0.6) is 0 Å². The first-order valence-corrected chi connectivity index (χ1v) is 6.69. The molecule has 5 heteroatoms. The Labute approximate surface area is 115 Å². The van der Waals surface area contributed by atoms with Crippen LogP contribution in [-0.4, -0.2) is 33.7 Å². The highest BCUT2D eigenvalue weighted by atomic mass is 16.2. The average molecular weight is 266 g/mol. The lowest BCUT2D eigenvalue weighted by Crippen LogP contribution is -2.43. The molecule has 0 aliphatic heterocycles. The van der Waals surface area contributed by atoms with Crippen LogP contribution in [0.15, 0.2) is 0 Å². The fraction of sp³-hybridized carbons (Fsp3) is 0.714. The molecule has 1 heterocycles. The lowest BCUT2D eigenvalue weighted by Gasteiger charge is -2.35. The summed E-state index contributed by atoms with van der Waals surface area (Å²) >= 11 is 0. The van der Waals surface area contributed by atoms with E-state index < -0.39 is 0 Å². The van der Waals surface area contributed by atoms with Crippen molar-refractivity contribution in [3.63, 3.8) is 0 Å². The molecule has 1 aromatic rings. The summed E-state index contributed by atoms with van der Waals surface area (Å²) in [6.45, 7) is 10.4. The van der Waals surface area contributed by atoms with Gasteiger partial charge in [-0.1, -0.05) is 27.7 Å². The third-order valence-electron chi connectivity index (χ3n) is 3.85. The fourth-order valence-corrected chi connectivity index (χ4v) is 2.03. The molecule has 5 nitrogen and oxygen atoms in total. The summed E-state index contributed by atoms with van der Waals surface area (Å²) in [6, 6.07) is 0.111. The van der Waals surface area contributed by atoms with Gasteiger partial charge >= 0.3 is 0 Å². The number of nitrogens with zero attached hydrogens (tertiary/aromatic N) is 3. The standard InChI is InChI=1S/C14H26N4O/c1-8-10-11(15)12(18(7)16-10)13(19)17(6)9(2)14(3,4)5/h9H,8,15H2,1-7H3. The second-order valence-electron chi connectivity index (χ2n) is 6.14. The van der Waals surface area contributed by atoms with Gasteiger partial charge in [0.25, 0.3) is 5.91 Å². The van der Waals surface area contributed by atoms with Crippen molar-refractivity contribution in [1.82, 2.24) is 14.7 Å². The van der Waals surface area contributed by atoms with Crippen LogP contribution in [-0.2, 0) is 13.5 Å².